The summed E-state index contributed by atoms with van der Waals surface area (Å²) in [5.74, 6) is 0.0502. The second kappa shape index (κ2) is 7.61. The highest BCUT2D eigenvalue weighted by molar-refractivity contribution is 14.1. The summed E-state index contributed by atoms with van der Waals surface area (Å²) < 4.78 is 1.17. The Morgan fingerprint density at radius 3 is 2.83 bits per heavy atom. The van der Waals surface area contributed by atoms with Crippen molar-refractivity contribution in [2.45, 2.75) is 39.7 Å². The molecule has 0 fully saturated rings. The lowest BCUT2D eigenvalue weighted by Crippen LogP contribution is -2.36. The van der Waals surface area contributed by atoms with Gasteiger partial charge in [0.2, 0.25) is 5.91 Å². The number of hydrogen-bond donors (Lipinski definition) is 2. The minimum atomic E-state index is 0.0502. The van der Waals surface area contributed by atoms with Crippen molar-refractivity contribution in [1.29, 1.82) is 0 Å². The summed E-state index contributed by atoms with van der Waals surface area (Å²) in [6.45, 7) is 6.53. The van der Waals surface area contributed by atoms with Crippen LogP contribution in [0, 0.1) is 10.5 Å². The maximum absolute atomic E-state index is 11.7. The van der Waals surface area contributed by atoms with Gasteiger partial charge in [0, 0.05) is 15.3 Å². The summed E-state index contributed by atoms with van der Waals surface area (Å²) in [6.07, 6.45) is 2.11. The van der Waals surface area contributed by atoms with E-state index in [9.17, 15) is 4.79 Å². The molecule has 0 spiro atoms. The molecule has 4 heteroatoms. The number of benzene rings is 1. The Balaban J connectivity index is 2.45. The van der Waals surface area contributed by atoms with Crippen molar-refractivity contribution >= 4 is 34.2 Å². The van der Waals surface area contributed by atoms with Crippen LogP contribution in [0.5, 0.6) is 0 Å². The Kier molecular flexibility index (Phi) is 6.46. The van der Waals surface area contributed by atoms with Crippen LogP contribution < -0.4 is 10.6 Å². The van der Waals surface area contributed by atoms with Gasteiger partial charge in [-0.2, -0.15) is 0 Å². The minimum Gasteiger partial charge on any atom is -0.376 e. The predicted octanol–water partition coefficient (Wildman–Crippen LogP) is 3.32. The van der Waals surface area contributed by atoms with Gasteiger partial charge in [0.05, 0.1) is 6.54 Å². The molecule has 0 saturated carbocycles. The molecule has 0 aromatic heterocycles. The molecule has 3 nitrogen and oxygen atoms in total. The van der Waals surface area contributed by atoms with Crippen molar-refractivity contribution < 1.29 is 4.79 Å². The van der Waals surface area contributed by atoms with Gasteiger partial charge in [-0.3, -0.25) is 4.79 Å². The standard InChI is InChI=1S/C14H21IN2O/c1-4-5-11(3)17-14(18)9-16-13-8-12(15)7-6-10(13)2/h6-8,11,16H,4-5,9H2,1-3H3,(H,17,18). The van der Waals surface area contributed by atoms with Crippen molar-refractivity contribution in [3.8, 4) is 0 Å². The molecule has 2 N–H and O–H groups in total. The van der Waals surface area contributed by atoms with Crippen LogP contribution in [0.15, 0.2) is 18.2 Å². The van der Waals surface area contributed by atoms with Gasteiger partial charge in [-0.15, -0.1) is 0 Å². The van der Waals surface area contributed by atoms with E-state index in [1.807, 2.05) is 13.8 Å². The molecule has 1 unspecified atom stereocenters. The maximum Gasteiger partial charge on any atom is 0.239 e. The second-order valence-electron chi connectivity index (χ2n) is 4.57. The van der Waals surface area contributed by atoms with Crippen LogP contribution in [0.4, 0.5) is 5.69 Å². The number of anilines is 1. The average molecular weight is 360 g/mol. The second-order valence-corrected chi connectivity index (χ2v) is 5.82. The van der Waals surface area contributed by atoms with Crippen LogP contribution in [0.25, 0.3) is 0 Å². The van der Waals surface area contributed by atoms with Crippen molar-refractivity contribution in [3.63, 3.8) is 0 Å². The molecular weight excluding hydrogens is 339 g/mol. The molecule has 0 saturated heterocycles. The molecule has 18 heavy (non-hydrogen) atoms. The number of halogens is 1. The summed E-state index contributed by atoms with van der Waals surface area (Å²) in [7, 11) is 0. The smallest absolute Gasteiger partial charge is 0.239 e. The van der Waals surface area contributed by atoms with Crippen LogP contribution in [0.2, 0.25) is 0 Å². The summed E-state index contributed by atoms with van der Waals surface area (Å²) in [4.78, 5) is 11.7. The van der Waals surface area contributed by atoms with Gasteiger partial charge in [-0.1, -0.05) is 19.4 Å². The Hall–Kier alpha value is -0.780. The Labute approximate surface area is 123 Å². The number of nitrogens with one attached hydrogen (secondary N) is 2. The van der Waals surface area contributed by atoms with E-state index in [0.29, 0.717) is 6.54 Å². The monoisotopic (exact) mass is 360 g/mol. The fraction of sp³-hybridized carbons (Fsp3) is 0.500. The van der Waals surface area contributed by atoms with Gasteiger partial charge in [-0.05, 0) is 60.6 Å². The molecule has 1 amide bonds. The first-order valence-electron chi connectivity index (χ1n) is 6.32. The molecular formula is C14H21IN2O. The highest BCUT2D eigenvalue weighted by atomic mass is 127. The molecule has 100 valence electrons. The van der Waals surface area contributed by atoms with Gasteiger partial charge < -0.3 is 10.6 Å². The Morgan fingerprint density at radius 1 is 1.44 bits per heavy atom. The van der Waals surface area contributed by atoms with Gasteiger partial charge >= 0.3 is 0 Å². The number of amides is 1. The quantitative estimate of drug-likeness (QED) is 0.765. The number of rotatable bonds is 6. The highest BCUT2D eigenvalue weighted by Gasteiger charge is 2.07. The molecule has 1 aromatic carbocycles. The summed E-state index contributed by atoms with van der Waals surface area (Å²) in [5, 5.41) is 6.17. The molecule has 0 radical (unpaired) electrons. The number of carbonyl (C=O) groups excluding carboxylic acids is 1. The van der Waals surface area contributed by atoms with E-state index in [1.165, 1.54) is 3.57 Å². The lowest BCUT2D eigenvalue weighted by Gasteiger charge is -2.14. The maximum atomic E-state index is 11.7. The average Bonchev–Trinajstić information content (AvgIpc) is 2.30. The topological polar surface area (TPSA) is 41.1 Å². The van der Waals surface area contributed by atoms with E-state index in [4.69, 9.17) is 0 Å². The van der Waals surface area contributed by atoms with Crippen LogP contribution in [-0.2, 0) is 4.79 Å². The van der Waals surface area contributed by atoms with Crippen molar-refractivity contribution in [2.75, 3.05) is 11.9 Å². The van der Waals surface area contributed by atoms with Gasteiger partial charge in [0.1, 0.15) is 0 Å². The van der Waals surface area contributed by atoms with E-state index in [2.05, 4.69) is 58.3 Å². The van der Waals surface area contributed by atoms with Gasteiger partial charge in [0.15, 0.2) is 0 Å². The molecule has 0 aliphatic carbocycles. The van der Waals surface area contributed by atoms with E-state index in [-0.39, 0.29) is 11.9 Å². The van der Waals surface area contributed by atoms with E-state index in [1.54, 1.807) is 0 Å². The SMILES string of the molecule is CCCC(C)NC(=O)CNc1cc(I)ccc1C. The first kappa shape index (κ1) is 15.3. The van der Waals surface area contributed by atoms with Gasteiger partial charge in [0.25, 0.3) is 0 Å². The molecule has 0 heterocycles. The number of aryl methyl sites for hydroxylation is 1. The third-order valence-corrected chi connectivity index (χ3v) is 3.44. The van der Waals surface area contributed by atoms with Crippen LogP contribution in [0.1, 0.15) is 32.3 Å². The van der Waals surface area contributed by atoms with Crippen molar-refractivity contribution in [2.24, 2.45) is 0 Å². The minimum absolute atomic E-state index is 0.0502. The fourth-order valence-corrected chi connectivity index (χ4v) is 2.28. The summed E-state index contributed by atoms with van der Waals surface area (Å²) in [6, 6.07) is 6.42. The normalized spacial score (nSPS) is 12.0. The lowest BCUT2D eigenvalue weighted by molar-refractivity contribution is -0.120. The molecule has 1 aromatic rings. The predicted molar refractivity (Wildman–Crippen MR) is 84.9 cm³/mol. The number of carbonyl (C=O) groups is 1. The first-order valence-corrected chi connectivity index (χ1v) is 7.40. The third kappa shape index (κ3) is 5.25. The van der Waals surface area contributed by atoms with Crippen molar-refractivity contribution in [3.05, 3.63) is 27.3 Å². The molecule has 1 atom stereocenters. The zero-order valence-electron chi connectivity index (χ0n) is 11.2. The fourth-order valence-electron chi connectivity index (χ4n) is 1.79. The van der Waals surface area contributed by atoms with Gasteiger partial charge in [-0.25, -0.2) is 0 Å². The molecule has 1 rings (SSSR count). The lowest BCUT2D eigenvalue weighted by atomic mass is 10.2. The van der Waals surface area contributed by atoms with Crippen LogP contribution >= 0.6 is 22.6 Å². The largest absolute Gasteiger partial charge is 0.376 e. The van der Waals surface area contributed by atoms with Crippen LogP contribution in [0.3, 0.4) is 0 Å². The summed E-state index contributed by atoms with van der Waals surface area (Å²) >= 11 is 2.27. The van der Waals surface area contributed by atoms with E-state index in [0.717, 1.165) is 24.1 Å². The summed E-state index contributed by atoms with van der Waals surface area (Å²) in [5.41, 5.74) is 2.19. The number of hydrogen-bond acceptors (Lipinski definition) is 2. The highest BCUT2D eigenvalue weighted by Crippen LogP contribution is 2.17. The zero-order chi connectivity index (χ0) is 13.5. The van der Waals surface area contributed by atoms with E-state index >= 15 is 0 Å². The molecule has 0 bridgehead atoms. The van der Waals surface area contributed by atoms with E-state index < -0.39 is 0 Å². The van der Waals surface area contributed by atoms with Crippen LogP contribution in [-0.4, -0.2) is 18.5 Å². The van der Waals surface area contributed by atoms with Crippen molar-refractivity contribution in [1.82, 2.24) is 5.32 Å². The molecule has 0 aliphatic rings. The Bertz CT molecular complexity index is 407. The first-order chi connectivity index (χ1) is 8.52. The molecule has 0 aliphatic heterocycles. The third-order valence-electron chi connectivity index (χ3n) is 2.77. The Morgan fingerprint density at radius 2 is 2.17 bits per heavy atom. The zero-order valence-corrected chi connectivity index (χ0v) is 13.4.